The number of benzene rings is 1. The van der Waals surface area contributed by atoms with Crippen LogP contribution in [0.5, 0.6) is 0 Å². The zero-order valence-electron chi connectivity index (χ0n) is 13.5. The molecule has 1 saturated heterocycles. The number of amides is 1. The van der Waals surface area contributed by atoms with Gasteiger partial charge in [0.1, 0.15) is 4.01 Å². The number of rotatable bonds is 3. The molecule has 0 unspecified atom stereocenters. The third-order valence-electron chi connectivity index (χ3n) is 4.24. The summed E-state index contributed by atoms with van der Waals surface area (Å²) in [7, 11) is 0. The maximum Gasteiger partial charge on any atom is 0.265 e. The second-order valence-corrected chi connectivity index (χ2v) is 8.44. The standard InChI is InChI=1S/C18H19N3OS2/c1-12-5-7-13(8-6-12)19-16(22)15-11-14-17(23-15)24-18(20-14)21-9-3-2-4-10-21/h5-8,11H,2-4,9-10H2,1H3,(H,19,22). The van der Waals surface area contributed by atoms with Gasteiger partial charge in [0, 0.05) is 18.8 Å². The molecule has 0 atom stereocenters. The van der Waals surface area contributed by atoms with Gasteiger partial charge >= 0.3 is 0 Å². The van der Waals surface area contributed by atoms with Crippen LogP contribution in [0.2, 0.25) is 0 Å². The van der Waals surface area contributed by atoms with Crippen molar-refractivity contribution in [3.8, 4) is 0 Å². The van der Waals surface area contributed by atoms with Crippen LogP contribution >= 0.6 is 22.7 Å². The quantitative estimate of drug-likeness (QED) is 0.724. The highest BCUT2D eigenvalue weighted by atomic mass is 32.2. The van der Waals surface area contributed by atoms with Crippen LogP contribution in [0.1, 0.15) is 34.5 Å². The first-order valence-electron chi connectivity index (χ1n) is 8.22. The largest absolute Gasteiger partial charge is 0.348 e. The third-order valence-corrected chi connectivity index (χ3v) is 6.58. The van der Waals surface area contributed by atoms with Crippen LogP contribution in [-0.4, -0.2) is 24.0 Å². The summed E-state index contributed by atoms with van der Waals surface area (Å²) < 4.78 is 1.13. The molecule has 4 rings (SSSR count). The van der Waals surface area contributed by atoms with E-state index in [1.807, 2.05) is 37.3 Å². The Morgan fingerprint density at radius 2 is 1.88 bits per heavy atom. The van der Waals surface area contributed by atoms with Crippen molar-refractivity contribution >= 4 is 48.9 Å². The molecule has 0 bridgehead atoms. The lowest BCUT2D eigenvalue weighted by atomic mass is 10.1. The number of piperidine rings is 1. The number of fused-ring (bicyclic) bond motifs is 1. The molecular formula is C18H19N3OS2. The molecule has 0 aliphatic carbocycles. The van der Waals surface area contributed by atoms with Crippen molar-refractivity contribution in [2.45, 2.75) is 26.2 Å². The number of anilines is 2. The Morgan fingerprint density at radius 1 is 1.12 bits per heavy atom. The van der Waals surface area contributed by atoms with Gasteiger partial charge in [-0.3, -0.25) is 4.79 Å². The van der Waals surface area contributed by atoms with Crippen LogP contribution in [0.4, 0.5) is 10.8 Å². The number of carbonyl (C=O) groups excluding carboxylic acids is 1. The van der Waals surface area contributed by atoms with Crippen molar-refractivity contribution in [3.63, 3.8) is 0 Å². The Hall–Kier alpha value is -1.92. The summed E-state index contributed by atoms with van der Waals surface area (Å²) >= 11 is 3.23. The minimum absolute atomic E-state index is 0.0615. The average molecular weight is 358 g/mol. The van der Waals surface area contributed by atoms with Crippen molar-refractivity contribution in [2.75, 3.05) is 23.3 Å². The minimum atomic E-state index is -0.0615. The Kier molecular flexibility index (Phi) is 4.24. The zero-order valence-corrected chi connectivity index (χ0v) is 15.2. The van der Waals surface area contributed by atoms with Gasteiger partial charge in [-0.1, -0.05) is 29.0 Å². The molecule has 3 aromatic rings. The van der Waals surface area contributed by atoms with E-state index < -0.39 is 0 Å². The molecule has 124 valence electrons. The van der Waals surface area contributed by atoms with Gasteiger partial charge in [-0.2, -0.15) is 0 Å². The number of carbonyl (C=O) groups is 1. The molecule has 1 N–H and O–H groups in total. The number of hydrogen-bond donors (Lipinski definition) is 1. The van der Waals surface area contributed by atoms with Crippen LogP contribution in [0.25, 0.3) is 9.53 Å². The predicted octanol–water partition coefficient (Wildman–Crippen LogP) is 4.91. The average Bonchev–Trinajstić information content (AvgIpc) is 3.17. The number of thiazole rings is 1. The van der Waals surface area contributed by atoms with E-state index in [1.165, 1.54) is 36.2 Å². The van der Waals surface area contributed by atoms with Crippen LogP contribution in [0.15, 0.2) is 30.3 Å². The first-order chi connectivity index (χ1) is 11.7. The minimum Gasteiger partial charge on any atom is -0.348 e. The smallest absolute Gasteiger partial charge is 0.265 e. The fraction of sp³-hybridized carbons (Fsp3) is 0.333. The summed E-state index contributed by atoms with van der Waals surface area (Å²) in [5.74, 6) is -0.0615. The molecule has 6 heteroatoms. The number of aryl methyl sites for hydroxylation is 1. The normalized spacial score (nSPS) is 15.0. The van der Waals surface area contributed by atoms with Crippen molar-refractivity contribution < 1.29 is 4.79 Å². The van der Waals surface area contributed by atoms with Gasteiger partial charge in [-0.15, -0.1) is 11.3 Å². The number of nitrogens with one attached hydrogen (secondary N) is 1. The maximum atomic E-state index is 12.4. The molecule has 1 aliphatic heterocycles. The van der Waals surface area contributed by atoms with Crippen molar-refractivity contribution in [1.82, 2.24) is 4.98 Å². The lowest BCUT2D eigenvalue weighted by Gasteiger charge is -2.25. The van der Waals surface area contributed by atoms with E-state index in [0.717, 1.165) is 38.3 Å². The lowest BCUT2D eigenvalue weighted by Crippen LogP contribution is -2.29. The fourth-order valence-electron chi connectivity index (χ4n) is 2.89. The number of hydrogen-bond acceptors (Lipinski definition) is 5. The summed E-state index contributed by atoms with van der Waals surface area (Å²) in [6, 6.07) is 9.75. The summed E-state index contributed by atoms with van der Waals surface area (Å²) in [6.07, 6.45) is 3.81. The molecule has 1 aromatic carbocycles. The summed E-state index contributed by atoms with van der Waals surface area (Å²) in [5, 5.41) is 4.05. The predicted molar refractivity (Wildman–Crippen MR) is 103 cm³/mol. The van der Waals surface area contributed by atoms with Crippen molar-refractivity contribution in [1.29, 1.82) is 0 Å². The van der Waals surface area contributed by atoms with Gasteiger partial charge in [0.2, 0.25) is 0 Å². The molecule has 0 saturated carbocycles. The molecule has 4 nitrogen and oxygen atoms in total. The van der Waals surface area contributed by atoms with E-state index in [1.54, 1.807) is 11.3 Å². The van der Waals surface area contributed by atoms with Crippen molar-refractivity contribution in [3.05, 3.63) is 40.8 Å². The Balaban J connectivity index is 1.51. The molecule has 1 aliphatic rings. The van der Waals surface area contributed by atoms with Gasteiger partial charge < -0.3 is 10.2 Å². The molecule has 0 spiro atoms. The highest BCUT2D eigenvalue weighted by molar-refractivity contribution is 7.40. The summed E-state index contributed by atoms with van der Waals surface area (Å²) in [4.78, 5) is 20.2. The van der Waals surface area contributed by atoms with E-state index in [0.29, 0.717) is 0 Å². The fourth-order valence-corrected chi connectivity index (χ4v) is 5.10. The maximum absolute atomic E-state index is 12.4. The van der Waals surface area contributed by atoms with Crippen LogP contribution in [0.3, 0.4) is 0 Å². The number of aromatic nitrogens is 1. The first kappa shape index (κ1) is 15.6. The van der Waals surface area contributed by atoms with Gasteiger partial charge in [-0.05, 0) is 44.4 Å². The molecular weight excluding hydrogens is 338 g/mol. The van der Waals surface area contributed by atoms with Crippen LogP contribution < -0.4 is 10.2 Å². The van der Waals surface area contributed by atoms with Gasteiger partial charge in [0.15, 0.2) is 5.13 Å². The lowest BCUT2D eigenvalue weighted by molar-refractivity contribution is 0.103. The monoisotopic (exact) mass is 357 g/mol. The molecule has 3 heterocycles. The van der Waals surface area contributed by atoms with Crippen LogP contribution in [0, 0.1) is 6.92 Å². The first-order valence-corrected chi connectivity index (χ1v) is 9.86. The SMILES string of the molecule is Cc1ccc(NC(=O)c2cc3nc(N4CCCCC4)sc3s2)cc1. The van der Waals surface area contributed by atoms with E-state index >= 15 is 0 Å². The second kappa shape index (κ2) is 6.53. The molecule has 1 fully saturated rings. The third kappa shape index (κ3) is 3.16. The molecule has 24 heavy (non-hydrogen) atoms. The number of nitrogens with zero attached hydrogens (tertiary/aromatic N) is 2. The molecule has 2 aromatic heterocycles. The highest BCUT2D eigenvalue weighted by Gasteiger charge is 2.18. The van der Waals surface area contributed by atoms with E-state index in [4.69, 9.17) is 4.98 Å². The van der Waals surface area contributed by atoms with Crippen molar-refractivity contribution in [2.24, 2.45) is 0 Å². The molecule has 1 amide bonds. The molecule has 0 radical (unpaired) electrons. The zero-order chi connectivity index (χ0) is 16.5. The van der Waals surface area contributed by atoms with Crippen LogP contribution in [-0.2, 0) is 0 Å². The number of thiophene rings is 1. The van der Waals surface area contributed by atoms with E-state index in [9.17, 15) is 4.79 Å². The Labute approximate surface area is 149 Å². The summed E-state index contributed by atoms with van der Waals surface area (Å²) in [5.41, 5.74) is 2.95. The van der Waals surface area contributed by atoms with E-state index in [2.05, 4.69) is 10.2 Å². The summed E-state index contributed by atoms with van der Waals surface area (Å²) in [6.45, 7) is 4.23. The van der Waals surface area contributed by atoms with Gasteiger partial charge in [0.05, 0.1) is 10.4 Å². The Morgan fingerprint density at radius 3 is 2.58 bits per heavy atom. The topological polar surface area (TPSA) is 45.2 Å². The van der Waals surface area contributed by atoms with E-state index in [-0.39, 0.29) is 5.91 Å². The second-order valence-electron chi connectivity index (χ2n) is 6.15. The Bertz CT molecular complexity index is 829. The highest BCUT2D eigenvalue weighted by Crippen LogP contribution is 2.36. The van der Waals surface area contributed by atoms with Gasteiger partial charge in [0.25, 0.3) is 5.91 Å². The van der Waals surface area contributed by atoms with Gasteiger partial charge in [-0.25, -0.2) is 4.98 Å².